The summed E-state index contributed by atoms with van der Waals surface area (Å²) in [6.07, 6.45) is 3.26. The Hall–Kier alpha value is -4.09. The van der Waals surface area contributed by atoms with Crippen molar-refractivity contribution in [3.8, 4) is 23.3 Å². The molecule has 0 saturated carbocycles. The van der Waals surface area contributed by atoms with E-state index in [4.69, 9.17) is 14.0 Å². The van der Waals surface area contributed by atoms with E-state index >= 15 is 0 Å². The molecule has 0 aromatic carbocycles. The van der Waals surface area contributed by atoms with Gasteiger partial charge in [0.25, 0.3) is 5.88 Å². The topological polar surface area (TPSA) is 131 Å². The van der Waals surface area contributed by atoms with Gasteiger partial charge < -0.3 is 14.0 Å². The minimum Gasteiger partial charge on any atom is -0.467 e. The molecule has 0 aliphatic carbocycles. The fourth-order valence-electron chi connectivity index (χ4n) is 2.85. The van der Waals surface area contributed by atoms with E-state index in [0.29, 0.717) is 46.9 Å². The minimum absolute atomic E-state index is 0.140. The Balaban J connectivity index is 1.61. The molecule has 146 valence electrons. The van der Waals surface area contributed by atoms with Crippen molar-refractivity contribution in [2.45, 2.75) is 13.5 Å². The van der Waals surface area contributed by atoms with Crippen LogP contribution in [0.3, 0.4) is 0 Å². The van der Waals surface area contributed by atoms with Gasteiger partial charge in [0.1, 0.15) is 11.8 Å². The molecule has 5 aromatic rings. The predicted molar refractivity (Wildman–Crippen MR) is 98.1 cm³/mol. The normalized spacial score (nSPS) is 11.4. The van der Waals surface area contributed by atoms with Gasteiger partial charge in [-0.25, -0.2) is 4.98 Å². The number of fused-ring (bicyclic) bond motifs is 3. The fourth-order valence-corrected chi connectivity index (χ4v) is 2.85. The van der Waals surface area contributed by atoms with Crippen LogP contribution in [0.2, 0.25) is 0 Å². The van der Waals surface area contributed by atoms with Crippen molar-refractivity contribution in [1.29, 1.82) is 0 Å². The van der Waals surface area contributed by atoms with Gasteiger partial charge in [0, 0.05) is 13.2 Å². The average molecular weight is 393 g/mol. The van der Waals surface area contributed by atoms with E-state index in [2.05, 4.69) is 35.5 Å². The number of hydrogen-bond acceptors (Lipinski definition) is 10. The number of ether oxygens (including phenoxy) is 2. The molecule has 0 amide bonds. The summed E-state index contributed by atoms with van der Waals surface area (Å²) in [5.74, 6) is 1.51. The van der Waals surface area contributed by atoms with E-state index in [-0.39, 0.29) is 6.61 Å². The van der Waals surface area contributed by atoms with Crippen LogP contribution in [0.5, 0.6) is 11.8 Å². The Bertz CT molecular complexity index is 1310. The second kappa shape index (κ2) is 6.82. The Morgan fingerprint density at radius 3 is 2.90 bits per heavy atom. The molecule has 5 heterocycles. The van der Waals surface area contributed by atoms with E-state index in [1.54, 1.807) is 34.8 Å². The molecule has 12 heteroatoms. The highest BCUT2D eigenvalue weighted by atomic mass is 16.6. The third kappa shape index (κ3) is 2.99. The number of hydrogen-bond donors (Lipinski definition) is 0. The van der Waals surface area contributed by atoms with Crippen LogP contribution in [-0.4, -0.2) is 51.3 Å². The molecule has 0 bridgehead atoms. The van der Waals surface area contributed by atoms with Crippen LogP contribution in [0.4, 0.5) is 0 Å². The SMILES string of the molecule is CCOc1cc(-c2nnc3c4cccnc4c(OCc4ncn(C)n4)nn23)no1. The molecule has 5 rings (SSSR count). The Labute approximate surface area is 163 Å². The van der Waals surface area contributed by atoms with Gasteiger partial charge in [-0.1, -0.05) is 5.16 Å². The number of nitrogens with zero attached hydrogens (tertiary/aromatic N) is 9. The minimum atomic E-state index is 0.140. The van der Waals surface area contributed by atoms with Gasteiger partial charge in [-0.2, -0.15) is 9.61 Å². The lowest BCUT2D eigenvalue weighted by Crippen LogP contribution is -2.05. The number of rotatable bonds is 6. The first-order valence-corrected chi connectivity index (χ1v) is 8.80. The van der Waals surface area contributed by atoms with E-state index < -0.39 is 0 Å². The lowest BCUT2D eigenvalue weighted by Gasteiger charge is -2.07. The molecule has 0 spiro atoms. The van der Waals surface area contributed by atoms with Crippen molar-refractivity contribution < 1.29 is 14.0 Å². The largest absolute Gasteiger partial charge is 0.467 e. The summed E-state index contributed by atoms with van der Waals surface area (Å²) < 4.78 is 19.5. The Morgan fingerprint density at radius 1 is 1.14 bits per heavy atom. The molecule has 0 aliphatic heterocycles. The first-order chi connectivity index (χ1) is 14.2. The molecular formula is C17H15N9O3. The molecule has 12 nitrogen and oxygen atoms in total. The summed E-state index contributed by atoms with van der Waals surface area (Å²) in [6.45, 7) is 2.46. The molecule has 29 heavy (non-hydrogen) atoms. The van der Waals surface area contributed by atoms with Crippen LogP contribution in [0, 0.1) is 0 Å². The lowest BCUT2D eigenvalue weighted by molar-refractivity contribution is 0.226. The zero-order chi connectivity index (χ0) is 19.8. The van der Waals surface area contributed by atoms with Crippen molar-refractivity contribution in [2.75, 3.05) is 6.61 Å². The van der Waals surface area contributed by atoms with Crippen molar-refractivity contribution in [3.63, 3.8) is 0 Å². The molecule has 0 saturated heterocycles. The van der Waals surface area contributed by atoms with Gasteiger partial charge >= 0.3 is 5.95 Å². The van der Waals surface area contributed by atoms with E-state index in [1.807, 2.05) is 19.1 Å². The maximum absolute atomic E-state index is 5.87. The number of aromatic nitrogens is 9. The number of aryl methyl sites for hydroxylation is 1. The standard InChI is InChI=1S/C17H15N9O3/c1-3-27-13-7-11(24-29-13)16-21-20-15-10-5-4-6-18-14(10)17(23-26(15)16)28-8-12-19-9-25(2)22-12/h4-7,9H,3,8H2,1-2H3. The van der Waals surface area contributed by atoms with Crippen molar-refractivity contribution in [3.05, 3.63) is 36.5 Å². The predicted octanol–water partition coefficient (Wildman–Crippen LogP) is 1.43. The summed E-state index contributed by atoms with van der Waals surface area (Å²) >= 11 is 0. The van der Waals surface area contributed by atoms with Crippen LogP contribution in [0.15, 0.2) is 35.2 Å². The Kier molecular flexibility index (Phi) is 4.00. The highest BCUT2D eigenvalue weighted by molar-refractivity contribution is 5.94. The molecule has 0 unspecified atom stereocenters. The van der Waals surface area contributed by atoms with Crippen LogP contribution >= 0.6 is 0 Å². The van der Waals surface area contributed by atoms with E-state index in [9.17, 15) is 0 Å². The summed E-state index contributed by atoms with van der Waals surface area (Å²) in [5.41, 5.74) is 1.52. The average Bonchev–Trinajstić information content (AvgIpc) is 3.46. The highest BCUT2D eigenvalue weighted by Crippen LogP contribution is 2.28. The van der Waals surface area contributed by atoms with Crippen LogP contribution in [0.25, 0.3) is 28.1 Å². The summed E-state index contributed by atoms with van der Waals surface area (Å²) in [6, 6.07) is 5.32. The second-order valence-corrected chi connectivity index (χ2v) is 6.05. The van der Waals surface area contributed by atoms with Gasteiger partial charge in [-0.15, -0.1) is 15.3 Å². The maximum atomic E-state index is 5.87. The van der Waals surface area contributed by atoms with Crippen LogP contribution in [0.1, 0.15) is 12.7 Å². The summed E-state index contributed by atoms with van der Waals surface area (Å²) in [7, 11) is 1.79. The first kappa shape index (κ1) is 17.0. The quantitative estimate of drug-likeness (QED) is 0.417. The molecule has 0 fully saturated rings. The molecular weight excluding hydrogens is 378 g/mol. The number of pyridine rings is 1. The van der Waals surface area contributed by atoms with Gasteiger partial charge in [0.15, 0.2) is 23.8 Å². The highest BCUT2D eigenvalue weighted by Gasteiger charge is 2.20. The van der Waals surface area contributed by atoms with Crippen molar-refractivity contribution in [2.24, 2.45) is 7.05 Å². The first-order valence-electron chi connectivity index (χ1n) is 8.80. The van der Waals surface area contributed by atoms with Gasteiger partial charge in [0.2, 0.25) is 5.82 Å². The Morgan fingerprint density at radius 2 is 2.07 bits per heavy atom. The second-order valence-electron chi connectivity index (χ2n) is 6.05. The van der Waals surface area contributed by atoms with E-state index in [1.165, 1.54) is 0 Å². The van der Waals surface area contributed by atoms with Crippen molar-refractivity contribution in [1.82, 2.24) is 44.7 Å². The van der Waals surface area contributed by atoms with Crippen molar-refractivity contribution >= 4 is 16.6 Å². The zero-order valence-electron chi connectivity index (χ0n) is 15.6. The van der Waals surface area contributed by atoms with Gasteiger partial charge in [0.05, 0.1) is 18.1 Å². The molecule has 0 radical (unpaired) electrons. The van der Waals surface area contributed by atoms with Gasteiger partial charge in [-0.05, 0) is 19.1 Å². The smallest absolute Gasteiger partial charge is 0.311 e. The molecule has 5 aromatic heterocycles. The summed E-state index contributed by atoms with van der Waals surface area (Å²) in [4.78, 5) is 8.55. The van der Waals surface area contributed by atoms with Crippen LogP contribution in [-0.2, 0) is 13.7 Å². The monoisotopic (exact) mass is 393 g/mol. The zero-order valence-corrected chi connectivity index (χ0v) is 15.6. The summed E-state index contributed by atoms with van der Waals surface area (Å²) in [5, 5.41) is 21.9. The van der Waals surface area contributed by atoms with E-state index in [0.717, 1.165) is 5.39 Å². The fraction of sp³-hybridized carbons (Fsp3) is 0.235. The third-order valence-corrected chi connectivity index (χ3v) is 4.07. The molecule has 0 N–H and O–H groups in total. The molecule has 0 atom stereocenters. The third-order valence-electron chi connectivity index (χ3n) is 4.07. The molecule has 0 aliphatic rings. The van der Waals surface area contributed by atoms with Crippen LogP contribution < -0.4 is 9.47 Å². The van der Waals surface area contributed by atoms with Gasteiger partial charge in [-0.3, -0.25) is 9.67 Å². The maximum Gasteiger partial charge on any atom is 0.311 e. The lowest BCUT2D eigenvalue weighted by atomic mass is 10.3.